The Morgan fingerprint density at radius 3 is 2.83 bits per heavy atom. The second-order valence-electron chi connectivity index (χ2n) is 5.27. The number of halogens is 1. The molecule has 0 aliphatic carbocycles. The Hall–Kier alpha value is -0.800. The van der Waals surface area contributed by atoms with Gasteiger partial charge in [-0.25, -0.2) is 4.98 Å². The van der Waals surface area contributed by atoms with E-state index in [2.05, 4.69) is 29.0 Å². The minimum atomic E-state index is 0.549. The van der Waals surface area contributed by atoms with Crippen LogP contribution in [0.3, 0.4) is 0 Å². The summed E-state index contributed by atoms with van der Waals surface area (Å²) in [5.74, 6) is 0. The summed E-state index contributed by atoms with van der Waals surface area (Å²) in [5.41, 5.74) is 1.07. The molecule has 0 bridgehead atoms. The van der Waals surface area contributed by atoms with Crippen molar-refractivity contribution in [2.24, 2.45) is 0 Å². The van der Waals surface area contributed by atoms with Crippen molar-refractivity contribution in [1.29, 1.82) is 0 Å². The van der Waals surface area contributed by atoms with E-state index >= 15 is 0 Å². The fraction of sp³-hybridized carbons (Fsp3) is 0.643. The Bertz CT molecular complexity index is 364. The number of likely N-dealkylation sites (tertiary alicyclic amines) is 1. The molecule has 1 aliphatic heterocycles. The van der Waals surface area contributed by atoms with Crippen LogP contribution in [0.15, 0.2) is 18.3 Å². The lowest BCUT2D eigenvalue weighted by atomic mass is 10.1. The molecule has 1 aromatic rings. The van der Waals surface area contributed by atoms with E-state index in [0.29, 0.717) is 17.2 Å². The molecule has 1 aliphatic rings. The standard InChI is InChI=1S/C14H22ClN3/c1-11(2)18-8-3-4-12(7-9-18)17-13-5-6-14(15)16-10-13/h5-6,10-12,17H,3-4,7-9H2,1-2H3. The van der Waals surface area contributed by atoms with Crippen molar-refractivity contribution in [2.75, 3.05) is 18.4 Å². The lowest BCUT2D eigenvalue weighted by molar-refractivity contribution is 0.230. The zero-order valence-corrected chi connectivity index (χ0v) is 12.0. The van der Waals surface area contributed by atoms with Crippen LogP contribution in [-0.2, 0) is 0 Å². The van der Waals surface area contributed by atoms with Crippen LogP contribution in [0.1, 0.15) is 33.1 Å². The number of aromatic nitrogens is 1. The summed E-state index contributed by atoms with van der Waals surface area (Å²) in [4.78, 5) is 6.66. The van der Waals surface area contributed by atoms with Crippen LogP contribution < -0.4 is 5.32 Å². The average Bonchev–Trinajstić information content (AvgIpc) is 2.58. The largest absolute Gasteiger partial charge is 0.381 e. The predicted octanol–water partition coefficient (Wildman–Crippen LogP) is 3.41. The number of nitrogens with zero attached hydrogens (tertiary/aromatic N) is 2. The Morgan fingerprint density at radius 1 is 1.33 bits per heavy atom. The third-order valence-corrected chi connectivity index (χ3v) is 3.81. The van der Waals surface area contributed by atoms with Gasteiger partial charge in [0.2, 0.25) is 0 Å². The predicted molar refractivity (Wildman–Crippen MR) is 77.2 cm³/mol. The molecule has 4 heteroatoms. The molecule has 1 aromatic heterocycles. The molecular weight excluding hydrogens is 246 g/mol. The molecule has 18 heavy (non-hydrogen) atoms. The smallest absolute Gasteiger partial charge is 0.129 e. The lowest BCUT2D eigenvalue weighted by Crippen LogP contribution is -2.32. The first-order valence-electron chi connectivity index (χ1n) is 6.77. The highest BCUT2D eigenvalue weighted by molar-refractivity contribution is 6.29. The van der Waals surface area contributed by atoms with Crippen molar-refractivity contribution in [2.45, 2.75) is 45.2 Å². The molecule has 2 rings (SSSR count). The fourth-order valence-corrected chi connectivity index (χ4v) is 2.59. The number of rotatable bonds is 3. The summed E-state index contributed by atoms with van der Waals surface area (Å²) in [6, 6.07) is 5.04. The van der Waals surface area contributed by atoms with Gasteiger partial charge < -0.3 is 10.2 Å². The van der Waals surface area contributed by atoms with Gasteiger partial charge in [0, 0.05) is 18.6 Å². The monoisotopic (exact) mass is 267 g/mol. The molecule has 0 radical (unpaired) electrons. The highest BCUT2D eigenvalue weighted by Gasteiger charge is 2.18. The van der Waals surface area contributed by atoms with E-state index in [1.165, 1.54) is 32.4 Å². The molecule has 3 nitrogen and oxygen atoms in total. The van der Waals surface area contributed by atoms with Gasteiger partial charge in [0.1, 0.15) is 5.15 Å². The van der Waals surface area contributed by atoms with E-state index in [0.717, 1.165) is 5.69 Å². The summed E-state index contributed by atoms with van der Waals surface area (Å²) in [5, 5.41) is 4.11. The average molecular weight is 268 g/mol. The summed E-state index contributed by atoms with van der Waals surface area (Å²) < 4.78 is 0. The van der Waals surface area contributed by atoms with E-state index in [4.69, 9.17) is 11.6 Å². The van der Waals surface area contributed by atoms with Gasteiger partial charge in [-0.1, -0.05) is 11.6 Å². The van der Waals surface area contributed by atoms with Gasteiger partial charge in [-0.3, -0.25) is 0 Å². The second kappa shape index (κ2) is 6.39. The van der Waals surface area contributed by atoms with Gasteiger partial charge >= 0.3 is 0 Å². The van der Waals surface area contributed by atoms with Crippen LogP contribution in [-0.4, -0.2) is 35.1 Å². The van der Waals surface area contributed by atoms with Gasteiger partial charge in [0.25, 0.3) is 0 Å². The van der Waals surface area contributed by atoms with E-state index in [1.807, 2.05) is 18.3 Å². The molecule has 0 amide bonds. The topological polar surface area (TPSA) is 28.2 Å². The first kappa shape index (κ1) is 13.6. The number of hydrogen-bond donors (Lipinski definition) is 1. The summed E-state index contributed by atoms with van der Waals surface area (Å²) in [6.07, 6.45) is 5.50. The first-order chi connectivity index (χ1) is 8.65. The quantitative estimate of drug-likeness (QED) is 0.851. The van der Waals surface area contributed by atoms with Crippen molar-refractivity contribution < 1.29 is 0 Å². The molecule has 100 valence electrons. The molecule has 2 heterocycles. The second-order valence-corrected chi connectivity index (χ2v) is 5.66. The molecule has 1 N–H and O–H groups in total. The normalized spacial score (nSPS) is 21.9. The van der Waals surface area contributed by atoms with Crippen molar-refractivity contribution in [3.05, 3.63) is 23.5 Å². The molecule has 1 saturated heterocycles. The number of hydrogen-bond acceptors (Lipinski definition) is 3. The number of anilines is 1. The lowest BCUT2D eigenvalue weighted by Gasteiger charge is -2.24. The van der Waals surface area contributed by atoms with Crippen LogP contribution >= 0.6 is 11.6 Å². The SMILES string of the molecule is CC(C)N1CCCC(Nc2ccc(Cl)nc2)CC1. The van der Waals surface area contributed by atoms with Crippen LogP contribution in [0.25, 0.3) is 0 Å². The zero-order valence-electron chi connectivity index (χ0n) is 11.2. The minimum Gasteiger partial charge on any atom is -0.381 e. The van der Waals surface area contributed by atoms with Gasteiger partial charge in [-0.05, 0) is 51.8 Å². The van der Waals surface area contributed by atoms with Crippen molar-refractivity contribution in [3.63, 3.8) is 0 Å². The molecule has 0 saturated carbocycles. The van der Waals surface area contributed by atoms with Gasteiger partial charge in [-0.15, -0.1) is 0 Å². The van der Waals surface area contributed by atoms with Crippen LogP contribution in [0.2, 0.25) is 5.15 Å². The Labute approximate surface area is 115 Å². The van der Waals surface area contributed by atoms with Gasteiger partial charge in [0.15, 0.2) is 0 Å². The van der Waals surface area contributed by atoms with Crippen molar-refractivity contribution in [1.82, 2.24) is 9.88 Å². The van der Waals surface area contributed by atoms with Crippen LogP contribution in [0.5, 0.6) is 0 Å². The van der Waals surface area contributed by atoms with E-state index in [-0.39, 0.29) is 0 Å². The van der Waals surface area contributed by atoms with Gasteiger partial charge in [-0.2, -0.15) is 0 Å². The Morgan fingerprint density at radius 2 is 2.17 bits per heavy atom. The minimum absolute atomic E-state index is 0.549. The third-order valence-electron chi connectivity index (χ3n) is 3.59. The van der Waals surface area contributed by atoms with Crippen LogP contribution in [0, 0.1) is 0 Å². The highest BCUT2D eigenvalue weighted by atomic mass is 35.5. The summed E-state index contributed by atoms with van der Waals surface area (Å²) in [7, 11) is 0. The summed E-state index contributed by atoms with van der Waals surface area (Å²) >= 11 is 5.79. The maximum atomic E-state index is 5.79. The molecule has 0 spiro atoms. The molecular formula is C14H22ClN3. The van der Waals surface area contributed by atoms with Crippen molar-refractivity contribution in [3.8, 4) is 0 Å². The van der Waals surface area contributed by atoms with Gasteiger partial charge in [0.05, 0.1) is 11.9 Å². The van der Waals surface area contributed by atoms with E-state index in [9.17, 15) is 0 Å². The molecule has 1 unspecified atom stereocenters. The summed E-state index contributed by atoms with van der Waals surface area (Å²) in [6.45, 7) is 6.94. The van der Waals surface area contributed by atoms with E-state index < -0.39 is 0 Å². The van der Waals surface area contributed by atoms with Crippen molar-refractivity contribution >= 4 is 17.3 Å². The maximum absolute atomic E-state index is 5.79. The third kappa shape index (κ3) is 3.85. The first-order valence-corrected chi connectivity index (χ1v) is 7.15. The maximum Gasteiger partial charge on any atom is 0.129 e. The molecule has 1 fully saturated rings. The Balaban J connectivity index is 1.88. The van der Waals surface area contributed by atoms with E-state index in [1.54, 1.807) is 0 Å². The molecule has 1 atom stereocenters. The number of pyridine rings is 1. The Kier molecular flexibility index (Phi) is 4.84. The highest BCUT2D eigenvalue weighted by Crippen LogP contribution is 2.18. The molecule has 0 aromatic carbocycles. The zero-order chi connectivity index (χ0) is 13.0. The fourth-order valence-electron chi connectivity index (χ4n) is 2.48. The van der Waals surface area contributed by atoms with Crippen LogP contribution in [0.4, 0.5) is 5.69 Å². The number of nitrogens with one attached hydrogen (secondary N) is 1.